The standard InChI is InChI=1S/C25H21I2N3O5S/c1-2-9-35-23-19(26)12-16(13-20(23)27)14-21-24(32)30(25(33)36-21)15-22(31)28-17-3-5-18(6-4-17)29-7-10-34-11-8-29/h1,3-6,12-14H,7-11,15H2,(H,28,31)/b21-14-. The number of benzene rings is 2. The van der Waals surface area contributed by atoms with E-state index in [0.717, 1.165) is 48.1 Å². The van der Waals surface area contributed by atoms with Gasteiger partial charge in [0.15, 0.2) is 0 Å². The fourth-order valence-corrected chi connectivity index (χ4v) is 6.59. The second-order valence-electron chi connectivity index (χ2n) is 7.77. The molecule has 186 valence electrons. The smallest absolute Gasteiger partial charge is 0.294 e. The molecule has 2 fully saturated rings. The van der Waals surface area contributed by atoms with Gasteiger partial charge >= 0.3 is 0 Å². The zero-order valence-electron chi connectivity index (χ0n) is 19.0. The summed E-state index contributed by atoms with van der Waals surface area (Å²) in [5.41, 5.74) is 2.38. The number of nitrogens with one attached hydrogen (secondary N) is 1. The summed E-state index contributed by atoms with van der Waals surface area (Å²) in [6.45, 7) is 2.82. The molecule has 0 spiro atoms. The van der Waals surface area contributed by atoms with Gasteiger partial charge in [-0.25, -0.2) is 0 Å². The maximum absolute atomic E-state index is 12.9. The summed E-state index contributed by atoms with van der Waals surface area (Å²) in [5.74, 6) is 2.16. The molecule has 2 heterocycles. The Kier molecular flexibility index (Phi) is 9.15. The third kappa shape index (κ3) is 6.53. The number of morpholine rings is 1. The van der Waals surface area contributed by atoms with E-state index in [0.29, 0.717) is 24.7 Å². The Morgan fingerprint density at radius 1 is 1.17 bits per heavy atom. The van der Waals surface area contributed by atoms with Crippen LogP contribution >= 0.6 is 56.9 Å². The molecule has 0 unspecified atom stereocenters. The second-order valence-corrected chi connectivity index (χ2v) is 11.1. The largest absolute Gasteiger partial charge is 0.479 e. The molecule has 2 aliphatic heterocycles. The first kappa shape index (κ1) is 26.8. The van der Waals surface area contributed by atoms with E-state index in [1.165, 1.54) is 0 Å². The Morgan fingerprint density at radius 3 is 2.47 bits per heavy atom. The molecule has 3 amide bonds. The highest BCUT2D eigenvalue weighted by molar-refractivity contribution is 14.1. The highest BCUT2D eigenvalue weighted by atomic mass is 127. The molecule has 0 bridgehead atoms. The Hall–Kier alpha value is -2.28. The first-order chi connectivity index (χ1) is 17.4. The molecule has 0 atom stereocenters. The van der Waals surface area contributed by atoms with Gasteiger partial charge in [-0.05, 0) is 105 Å². The monoisotopic (exact) mass is 729 g/mol. The minimum Gasteiger partial charge on any atom is -0.479 e. The van der Waals surface area contributed by atoms with Crippen LogP contribution in [-0.2, 0) is 14.3 Å². The third-order valence-corrected chi connectivity index (χ3v) is 7.83. The summed E-state index contributed by atoms with van der Waals surface area (Å²) in [5, 5.41) is 2.27. The number of carbonyl (C=O) groups excluding carboxylic acids is 3. The Balaban J connectivity index is 1.39. The summed E-state index contributed by atoms with van der Waals surface area (Å²) in [6.07, 6.45) is 6.91. The predicted molar refractivity (Wildman–Crippen MR) is 157 cm³/mol. The molecular weight excluding hydrogens is 708 g/mol. The number of hydrogen-bond donors (Lipinski definition) is 1. The molecule has 2 saturated heterocycles. The lowest BCUT2D eigenvalue weighted by atomic mass is 10.2. The van der Waals surface area contributed by atoms with Crippen LogP contribution in [0.1, 0.15) is 5.56 Å². The van der Waals surface area contributed by atoms with E-state index in [-0.39, 0.29) is 18.1 Å². The molecule has 4 rings (SSSR count). The number of amides is 3. The Morgan fingerprint density at radius 2 is 1.83 bits per heavy atom. The molecular formula is C25H21I2N3O5S. The van der Waals surface area contributed by atoms with Crippen molar-refractivity contribution in [2.45, 2.75) is 0 Å². The van der Waals surface area contributed by atoms with Crippen LogP contribution in [0.15, 0.2) is 41.3 Å². The van der Waals surface area contributed by atoms with Gasteiger partial charge in [0, 0.05) is 24.5 Å². The number of terminal acetylenes is 1. The van der Waals surface area contributed by atoms with Gasteiger partial charge in [0.25, 0.3) is 11.1 Å². The minimum absolute atomic E-state index is 0.157. The van der Waals surface area contributed by atoms with Crippen LogP contribution in [-0.4, -0.2) is 61.4 Å². The van der Waals surface area contributed by atoms with Crippen LogP contribution in [0.4, 0.5) is 16.2 Å². The van der Waals surface area contributed by atoms with Crippen molar-refractivity contribution in [1.82, 2.24) is 4.90 Å². The van der Waals surface area contributed by atoms with E-state index in [4.69, 9.17) is 15.9 Å². The lowest BCUT2D eigenvalue weighted by Gasteiger charge is -2.28. The minimum atomic E-state index is -0.500. The number of carbonyl (C=O) groups is 3. The van der Waals surface area contributed by atoms with Gasteiger partial charge in [-0.3, -0.25) is 19.3 Å². The van der Waals surface area contributed by atoms with Crippen molar-refractivity contribution in [3.05, 3.63) is 54.0 Å². The van der Waals surface area contributed by atoms with E-state index in [1.54, 1.807) is 18.2 Å². The van der Waals surface area contributed by atoms with Gasteiger partial charge in [0.2, 0.25) is 5.91 Å². The van der Waals surface area contributed by atoms with E-state index < -0.39 is 17.1 Å². The number of imide groups is 1. The van der Waals surface area contributed by atoms with Crippen LogP contribution in [0.3, 0.4) is 0 Å². The molecule has 1 N–H and O–H groups in total. The maximum atomic E-state index is 12.9. The molecule has 36 heavy (non-hydrogen) atoms. The van der Waals surface area contributed by atoms with Crippen LogP contribution in [0.2, 0.25) is 0 Å². The number of ether oxygens (including phenoxy) is 2. The van der Waals surface area contributed by atoms with Gasteiger partial charge < -0.3 is 19.7 Å². The number of thioether (sulfide) groups is 1. The highest BCUT2D eigenvalue weighted by Gasteiger charge is 2.36. The molecule has 0 aliphatic carbocycles. The first-order valence-electron chi connectivity index (χ1n) is 10.9. The van der Waals surface area contributed by atoms with Gasteiger partial charge in [-0.15, -0.1) is 6.42 Å². The lowest BCUT2D eigenvalue weighted by molar-refractivity contribution is -0.127. The summed E-state index contributed by atoms with van der Waals surface area (Å²) in [6, 6.07) is 11.1. The number of hydrogen-bond acceptors (Lipinski definition) is 7. The van der Waals surface area contributed by atoms with Gasteiger partial charge in [-0.2, -0.15) is 0 Å². The molecule has 2 aromatic rings. The predicted octanol–water partition coefficient (Wildman–Crippen LogP) is 4.42. The van der Waals surface area contributed by atoms with E-state index in [9.17, 15) is 14.4 Å². The molecule has 8 nitrogen and oxygen atoms in total. The van der Waals surface area contributed by atoms with Gasteiger partial charge in [0.1, 0.15) is 18.9 Å². The first-order valence-corrected chi connectivity index (χ1v) is 13.9. The molecule has 11 heteroatoms. The van der Waals surface area contributed by atoms with Crippen LogP contribution < -0.4 is 15.0 Å². The number of nitrogens with zero attached hydrogens (tertiary/aromatic N) is 2. The van der Waals surface area contributed by atoms with E-state index >= 15 is 0 Å². The molecule has 2 aromatic carbocycles. The number of rotatable bonds is 7. The third-order valence-electron chi connectivity index (χ3n) is 5.32. The fraction of sp³-hybridized carbons (Fsp3) is 0.240. The molecule has 2 aliphatic rings. The normalized spacial score (nSPS) is 16.9. The quantitative estimate of drug-likeness (QED) is 0.257. The summed E-state index contributed by atoms with van der Waals surface area (Å²) in [4.78, 5) is 41.4. The molecule has 0 aromatic heterocycles. The van der Waals surface area contributed by atoms with Crippen molar-refractivity contribution in [3.8, 4) is 18.1 Å². The average Bonchev–Trinajstić information content (AvgIpc) is 3.12. The molecule has 0 saturated carbocycles. The topological polar surface area (TPSA) is 88.2 Å². The zero-order valence-corrected chi connectivity index (χ0v) is 24.1. The van der Waals surface area contributed by atoms with Crippen molar-refractivity contribution in [3.63, 3.8) is 0 Å². The van der Waals surface area contributed by atoms with Crippen LogP contribution in [0, 0.1) is 19.5 Å². The Bertz CT molecular complexity index is 1230. The van der Waals surface area contributed by atoms with Gasteiger partial charge in [0.05, 0.1) is 25.3 Å². The summed E-state index contributed by atoms with van der Waals surface area (Å²) in [7, 11) is 0. The van der Waals surface area contributed by atoms with Crippen LogP contribution in [0.25, 0.3) is 6.08 Å². The maximum Gasteiger partial charge on any atom is 0.294 e. The van der Waals surface area contributed by atoms with Crippen molar-refractivity contribution < 1.29 is 23.9 Å². The number of halogens is 2. The van der Waals surface area contributed by atoms with Crippen molar-refractivity contribution >= 4 is 91.4 Å². The van der Waals surface area contributed by atoms with E-state index in [1.807, 2.05) is 24.3 Å². The lowest BCUT2D eigenvalue weighted by Crippen LogP contribution is -2.36. The van der Waals surface area contributed by atoms with Gasteiger partial charge in [-0.1, -0.05) is 5.92 Å². The Labute approximate surface area is 240 Å². The summed E-state index contributed by atoms with van der Waals surface area (Å²) < 4.78 is 12.6. The van der Waals surface area contributed by atoms with Crippen molar-refractivity contribution in [2.24, 2.45) is 0 Å². The van der Waals surface area contributed by atoms with Crippen molar-refractivity contribution in [2.75, 3.05) is 49.7 Å². The highest BCUT2D eigenvalue weighted by Crippen LogP contribution is 2.34. The molecule has 0 radical (unpaired) electrons. The SMILES string of the molecule is C#CCOc1c(I)cc(/C=C2\SC(=O)N(CC(=O)Nc3ccc(N4CCOCC4)cc3)C2=O)cc1I. The van der Waals surface area contributed by atoms with Crippen LogP contribution in [0.5, 0.6) is 5.75 Å². The second kappa shape index (κ2) is 12.3. The summed E-state index contributed by atoms with van der Waals surface area (Å²) >= 11 is 5.08. The van der Waals surface area contributed by atoms with E-state index in [2.05, 4.69) is 61.3 Å². The number of anilines is 2. The zero-order chi connectivity index (χ0) is 25.7. The average molecular weight is 729 g/mol. The van der Waals surface area contributed by atoms with Crippen molar-refractivity contribution in [1.29, 1.82) is 0 Å². The fourth-order valence-electron chi connectivity index (χ4n) is 3.62.